The number of hydrogen-bond donors (Lipinski definition) is 3. The third-order valence-electron chi connectivity index (χ3n) is 3.22. The zero-order valence-corrected chi connectivity index (χ0v) is 13.0. The second-order valence-corrected chi connectivity index (χ2v) is 5.11. The summed E-state index contributed by atoms with van der Waals surface area (Å²) in [5, 5.41) is 9.59. The fourth-order valence-electron chi connectivity index (χ4n) is 2.07. The highest BCUT2D eigenvalue weighted by Crippen LogP contribution is 2.16. The maximum absolute atomic E-state index is 12.1. The Morgan fingerprint density at radius 1 is 1.25 bits per heavy atom. The van der Waals surface area contributed by atoms with Crippen LogP contribution in [0.4, 0.5) is 17.2 Å². The van der Waals surface area contributed by atoms with Gasteiger partial charge >= 0.3 is 0 Å². The standard InChI is InChI=1S/C16H16N6O2/c1-10-7-14(24-22-10)16(23)21-11-4-6-18-12(8-11)9-20-13-3-2-5-19-15(13)17/h2-8,20H,9H2,1H3,(H2,17,19)(H,18,21,23). The first-order chi connectivity index (χ1) is 11.6. The number of nitrogen functional groups attached to an aromatic ring is 1. The second-order valence-electron chi connectivity index (χ2n) is 5.11. The Kier molecular flexibility index (Phi) is 4.37. The van der Waals surface area contributed by atoms with Crippen LogP contribution in [0, 0.1) is 6.92 Å². The Hall–Kier alpha value is -3.42. The molecule has 0 aromatic carbocycles. The molecule has 0 saturated carbocycles. The average molecular weight is 324 g/mol. The summed E-state index contributed by atoms with van der Waals surface area (Å²) in [4.78, 5) is 20.3. The van der Waals surface area contributed by atoms with E-state index in [0.717, 1.165) is 11.4 Å². The Morgan fingerprint density at radius 3 is 2.88 bits per heavy atom. The largest absolute Gasteiger partial charge is 0.382 e. The van der Waals surface area contributed by atoms with E-state index in [1.807, 2.05) is 6.07 Å². The molecule has 4 N–H and O–H groups in total. The van der Waals surface area contributed by atoms with E-state index < -0.39 is 0 Å². The summed E-state index contributed by atoms with van der Waals surface area (Å²) in [7, 11) is 0. The van der Waals surface area contributed by atoms with Gasteiger partial charge in [0.15, 0.2) is 0 Å². The molecule has 0 bridgehead atoms. The van der Waals surface area contributed by atoms with Gasteiger partial charge in [-0.1, -0.05) is 5.16 Å². The number of nitrogens with two attached hydrogens (primary N) is 1. The van der Waals surface area contributed by atoms with Crippen molar-refractivity contribution in [2.75, 3.05) is 16.4 Å². The number of anilines is 3. The summed E-state index contributed by atoms with van der Waals surface area (Å²) < 4.78 is 4.94. The Morgan fingerprint density at radius 2 is 2.12 bits per heavy atom. The molecule has 122 valence electrons. The number of nitrogens with zero attached hydrogens (tertiary/aromatic N) is 3. The van der Waals surface area contributed by atoms with Crippen LogP contribution in [0.25, 0.3) is 0 Å². The van der Waals surface area contributed by atoms with Gasteiger partial charge in [-0.2, -0.15) is 0 Å². The summed E-state index contributed by atoms with van der Waals surface area (Å²) in [6.07, 6.45) is 3.24. The molecular formula is C16H16N6O2. The molecule has 0 spiro atoms. The van der Waals surface area contributed by atoms with Gasteiger partial charge in [0.1, 0.15) is 5.82 Å². The van der Waals surface area contributed by atoms with E-state index in [4.69, 9.17) is 10.3 Å². The lowest BCUT2D eigenvalue weighted by atomic mass is 10.3. The fourth-order valence-corrected chi connectivity index (χ4v) is 2.07. The molecule has 0 unspecified atom stereocenters. The summed E-state index contributed by atoms with van der Waals surface area (Å²) >= 11 is 0. The highest BCUT2D eigenvalue weighted by Gasteiger charge is 2.12. The highest BCUT2D eigenvalue weighted by molar-refractivity contribution is 6.02. The van der Waals surface area contributed by atoms with Crippen LogP contribution in [-0.2, 0) is 6.54 Å². The van der Waals surface area contributed by atoms with Crippen LogP contribution in [-0.4, -0.2) is 21.0 Å². The number of pyridine rings is 2. The molecule has 3 aromatic heterocycles. The SMILES string of the molecule is Cc1cc(C(=O)Nc2ccnc(CNc3cccnc3N)c2)on1. The van der Waals surface area contributed by atoms with Crippen LogP contribution in [0.1, 0.15) is 21.9 Å². The Bertz CT molecular complexity index is 861. The molecule has 24 heavy (non-hydrogen) atoms. The number of nitrogens with one attached hydrogen (secondary N) is 2. The van der Waals surface area contributed by atoms with Crippen LogP contribution in [0.3, 0.4) is 0 Å². The maximum Gasteiger partial charge on any atom is 0.294 e. The predicted molar refractivity (Wildman–Crippen MR) is 89.4 cm³/mol. The lowest BCUT2D eigenvalue weighted by molar-refractivity contribution is 0.0988. The average Bonchev–Trinajstić information content (AvgIpc) is 3.01. The minimum absolute atomic E-state index is 0.159. The quantitative estimate of drug-likeness (QED) is 0.658. The van der Waals surface area contributed by atoms with Gasteiger partial charge < -0.3 is 20.9 Å². The van der Waals surface area contributed by atoms with Crippen LogP contribution in [0.15, 0.2) is 47.2 Å². The smallest absolute Gasteiger partial charge is 0.294 e. The van der Waals surface area contributed by atoms with Crippen molar-refractivity contribution in [2.45, 2.75) is 13.5 Å². The van der Waals surface area contributed by atoms with Crippen LogP contribution in [0.5, 0.6) is 0 Å². The second kappa shape index (κ2) is 6.78. The zero-order chi connectivity index (χ0) is 16.9. The number of rotatable bonds is 5. The number of amides is 1. The zero-order valence-electron chi connectivity index (χ0n) is 13.0. The van der Waals surface area contributed by atoms with Gasteiger partial charge in [0.25, 0.3) is 5.91 Å². The maximum atomic E-state index is 12.1. The summed E-state index contributed by atoms with van der Waals surface area (Å²) in [5.41, 5.74) is 8.51. The first-order valence-corrected chi connectivity index (χ1v) is 7.26. The fraction of sp³-hybridized carbons (Fsp3) is 0.125. The Labute approximate surface area is 138 Å². The van der Waals surface area contributed by atoms with Crippen molar-refractivity contribution in [3.63, 3.8) is 0 Å². The summed E-state index contributed by atoms with van der Waals surface area (Å²) in [6.45, 7) is 2.20. The van der Waals surface area contributed by atoms with Gasteiger partial charge in [0.2, 0.25) is 5.76 Å². The van der Waals surface area contributed by atoms with E-state index in [-0.39, 0.29) is 11.7 Å². The molecule has 8 heteroatoms. The molecule has 8 nitrogen and oxygen atoms in total. The third-order valence-corrected chi connectivity index (χ3v) is 3.22. The van der Waals surface area contributed by atoms with Gasteiger partial charge in [-0.25, -0.2) is 4.98 Å². The van der Waals surface area contributed by atoms with Gasteiger partial charge in [-0.15, -0.1) is 0 Å². The van der Waals surface area contributed by atoms with E-state index >= 15 is 0 Å². The molecule has 3 heterocycles. The van der Waals surface area contributed by atoms with Gasteiger partial charge in [-0.05, 0) is 31.2 Å². The molecule has 0 saturated heterocycles. The number of carbonyl (C=O) groups excluding carboxylic acids is 1. The van der Waals surface area contributed by atoms with E-state index in [2.05, 4.69) is 25.8 Å². The molecule has 0 fully saturated rings. The third kappa shape index (κ3) is 3.67. The lowest BCUT2D eigenvalue weighted by Gasteiger charge is -2.09. The normalized spacial score (nSPS) is 10.4. The highest BCUT2D eigenvalue weighted by atomic mass is 16.5. The Balaban J connectivity index is 1.66. The molecule has 0 aliphatic heterocycles. The molecule has 0 atom stereocenters. The van der Waals surface area contributed by atoms with Crippen LogP contribution >= 0.6 is 0 Å². The van der Waals surface area contributed by atoms with E-state index in [1.54, 1.807) is 43.6 Å². The first kappa shape index (κ1) is 15.5. The van der Waals surface area contributed by atoms with E-state index in [0.29, 0.717) is 23.7 Å². The van der Waals surface area contributed by atoms with Crippen LogP contribution < -0.4 is 16.4 Å². The summed E-state index contributed by atoms with van der Waals surface area (Å²) in [6, 6.07) is 8.66. The molecule has 1 amide bonds. The monoisotopic (exact) mass is 324 g/mol. The van der Waals surface area contributed by atoms with Crippen molar-refractivity contribution < 1.29 is 9.32 Å². The summed E-state index contributed by atoms with van der Waals surface area (Å²) in [5.74, 6) is 0.215. The van der Waals surface area contributed by atoms with Crippen LogP contribution in [0.2, 0.25) is 0 Å². The topological polar surface area (TPSA) is 119 Å². The van der Waals surface area contributed by atoms with Crippen molar-refractivity contribution in [3.05, 3.63) is 59.9 Å². The first-order valence-electron chi connectivity index (χ1n) is 7.26. The van der Waals surface area contributed by atoms with Crippen molar-refractivity contribution in [1.82, 2.24) is 15.1 Å². The number of carbonyl (C=O) groups is 1. The molecule has 3 rings (SSSR count). The van der Waals surface area contributed by atoms with Gasteiger partial charge in [0.05, 0.1) is 23.6 Å². The van der Waals surface area contributed by atoms with Crippen molar-refractivity contribution in [1.29, 1.82) is 0 Å². The van der Waals surface area contributed by atoms with E-state index in [1.165, 1.54) is 0 Å². The number of aryl methyl sites for hydroxylation is 1. The number of aromatic nitrogens is 3. The molecule has 0 aliphatic rings. The minimum Gasteiger partial charge on any atom is -0.382 e. The minimum atomic E-state index is -0.364. The number of hydrogen-bond acceptors (Lipinski definition) is 7. The lowest BCUT2D eigenvalue weighted by Crippen LogP contribution is -2.12. The van der Waals surface area contributed by atoms with Crippen molar-refractivity contribution in [3.8, 4) is 0 Å². The van der Waals surface area contributed by atoms with E-state index in [9.17, 15) is 4.79 Å². The van der Waals surface area contributed by atoms with Crippen molar-refractivity contribution in [2.24, 2.45) is 0 Å². The van der Waals surface area contributed by atoms with Gasteiger partial charge in [0, 0.05) is 24.1 Å². The van der Waals surface area contributed by atoms with Gasteiger partial charge in [-0.3, -0.25) is 9.78 Å². The molecular weight excluding hydrogens is 308 g/mol. The predicted octanol–water partition coefficient (Wildman–Crippen LogP) is 2.22. The molecule has 0 aliphatic carbocycles. The molecule has 0 radical (unpaired) electrons. The van der Waals surface area contributed by atoms with Crippen molar-refractivity contribution >= 4 is 23.1 Å². The molecule has 3 aromatic rings.